The van der Waals surface area contributed by atoms with Crippen LogP contribution in [0.4, 0.5) is 0 Å². The number of nitrogens with two attached hydrogens (primary N) is 1. The summed E-state index contributed by atoms with van der Waals surface area (Å²) in [6, 6.07) is 0.204. The topological polar surface area (TPSA) is 26.0 Å². The highest BCUT2D eigenvalue weighted by molar-refractivity contribution is 5.15. The molecule has 1 aliphatic carbocycles. The van der Waals surface area contributed by atoms with Crippen LogP contribution in [0.15, 0.2) is 11.6 Å². The van der Waals surface area contributed by atoms with Crippen LogP contribution in [-0.2, 0) is 0 Å². The lowest BCUT2D eigenvalue weighted by atomic mass is 9.59. The maximum atomic E-state index is 5.91. The van der Waals surface area contributed by atoms with Gasteiger partial charge >= 0.3 is 0 Å². The van der Waals surface area contributed by atoms with E-state index < -0.39 is 0 Å². The van der Waals surface area contributed by atoms with Gasteiger partial charge in [0.1, 0.15) is 0 Å². The molecule has 2 N–H and O–H groups in total. The van der Waals surface area contributed by atoms with Crippen molar-refractivity contribution in [1.29, 1.82) is 0 Å². The van der Waals surface area contributed by atoms with E-state index in [-0.39, 0.29) is 6.04 Å². The van der Waals surface area contributed by atoms with Crippen molar-refractivity contribution in [2.75, 3.05) is 0 Å². The van der Waals surface area contributed by atoms with Crippen LogP contribution in [0.25, 0.3) is 0 Å². The van der Waals surface area contributed by atoms with Crippen molar-refractivity contribution in [3.05, 3.63) is 11.6 Å². The fraction of sp³-hybridized carbons (Fsp3) is 0.867. The molecule has 0 bridgehead atoms. The van der Waals surface area contributed by atoms with Crippen molar-refractivity contribution in [2.45, 2.75) is 72.8 Å². The van der Waals surface area contributed by atoms with Crippen LogP contribution in [-0.4, -0.2) is 6.04 Å². The summed E-state index contributed by atoms with van der Waals surface area (Å²) in [5, 5.41) is 0. The third-order valence-electron chi connectivity index (χ3n) is 4.16. The molecule has 1 unspecified atom stereocenters. The van der Waals surface area contributed by atoms with Gasteiger partial charge in [0.2, 0.25) is 0 Å². The Labute approximate surface area is 101 Å². The Morgan fingerprint density at radius 1 is 1.25 bits per heavy atom. The van der Waals surface area contributed by atoms with Gasteiger partial charge in [-0.25, -0.2) is 0 Å². The fourth-order valence-electron chi connectivity index (χ4n) is 3.54. The van der Waals surface area contributed by atoms with Crippen molar-refractivity contribution in [3.8, 4) is 0 Å². The van der Waals surface area contributed by atoms with E-state index in [0.29, 0.717) is 10.8 Å². The first-order valence-electron chi connectivity index (χ1n) is 6.78. The summed E-state index contributed by atoms with van der Waals surface area (Å²) in [5.41, 5.74) is 8.48. The minimum Gasteiger partial charge on any atom is -0.325 e. The average Bonchev–Trinajstić information content (AvgIpc) is 2.14. The second-order valence-electron chi connectivity index (χ2n) is 6.59. The second-order valence-corrected chi connectivity index (χ2v) is 6.59. The van der Waals surface area contributed by atoms with E-state index in [1.165, 1.54) is 32.1 Å². The molecule has 0 aromatic carbocycles. The van der Waals surface area contributed by atoms with E-state index in [0.717, 1.165) is 0 Å². The number of allylic oxidation sites excluding steroid dienone is 1. The van der Waals surface area contributed by atoms with Crippen LogP contribution in [0, 0.1) is 10.8 Å². The van der Waals surface area contributed by atoms with Gasteiger partial charge in [0, 0.05) is 6.04 Å². The fourth-order valence-corrected chi connectivity index (χ4v) is 3.54. The summed E-state index contributed by atoms with van der Waals surface area (Å²) >= 11 is 0. The first-order valence-corrected chi connectivity index (χ1v) is 6.78. The zero-order chi connectivity index (χ0) is 12.4. The summed E-state index contributed by atoms with van der Waals surface area (Å²) in [4.78, 5) is 0. The molecule has 1 fully saturated rings. The van der Waals surface area contributed by atoms with E-state index >= 15 is 0 Å². The summed E-state index contributed by atoms with van der Waals surface area (Å²) in [7, 11) is 0. The first kappa shape index (κ1) is 13.8. The molecule has 0 radical (unpaired) electrons. The van der Waals surface area contributed by atoms with Gasteiger partial charge in [-0.05, 0) is 37.0 Å². The molecule has 1 atom stereocenters. The third kappa shape index (κ3) is 3.35. The lowest BCUT2D eigenvalue weighted by Gasteiger charge is -2.46. The normalized spacial score (nSPS) is 28.0. The van der Waals surface area contributed by atoms with Crippen LogP contribution < -0.4 is 5.73 Å². The molecule has 0 aliphatic heterocycles. The number of hydrogen-bond donors (Lipinski definition) is 1. The predicted molar refractivity (Wildman–Crippen MR) is 72.4 cm³/mol. The molecule has 0 aromatic rings. The van der Waals surface area contributed by atoms with Crippen LogP contribution in [0.2, 0.25) is 0 Å². The quantitative estimate of drug-likeness (QED) is 0.710. The third-order valence-corrected chi connectivity index (χ3v) is 4.16. The van der Waals surface area contributed by atoms with E-state index in [1.54, 1.807) is 5.57 Å². The van der Waals surface area contributed by atoms with Crippen molar-refractivity contribution in [2.24, 2.45) is 16.6 Å². The zero-order valence-electron chi connectivity index (χ0n) is 11.8. The molecule has 1 aliphatic rings. The second kappa shape index (κ2) is 4.91. The van der Waals surface area contributed by atoms with Gasteiger partial charge in [0.25, 0.3) is 0 Å². The van der Waals surface area contributed by atoms with Gasteiger partial charge in [-0.1, -0.05) is 52.2 Å². The number of hydrogen-bond acceptors (Lipinski definition) is 1. The molecule has 0 heterocycles. The molecular formula is C15H29N. The zero-order valence-corrected chi connectivity index (χ0v) is 11.8. The predicted octanol–water partition coefficient (Wildman–Crippen LogP) is 4.28. The largest absolute Gasteiger partial charge is 0.325 e. The first-order chi connectivity index (χ1) is 7.32. The highest BCUT2D eigenvalue weighted by atomic mass is 14.6. The summed E-state index contributed by atoms with van der Waals surface area (Å²) in [6.45, 7) is 11.6. The molecule has 0 amide bonds. The maximum Gasteiger partial charge on any atom is 0.0197 e. The average molecular weight is 223 g/mol. The number of rotatable bonds is 3. The molecular weight excluding hydrogens is 194 g/mol. The molecule has 0 spiro atoms. The molecule has 0 aromatic heterocycles. The molecule has 0 saturated heterocycles. The summed E-state index contributed by atoms with van der Waals surface area (Å²) < 4.78 is 0. The summed E-state index contributed by atoms with van der Waals surface area (Å²) in [5.74, 6) is 0. The Balaban J connectivity index is 2.93. The molecule has 94 valence electrons. The van der Waals surface area contributed by atoms with Gasteiger partial charge in [-0.2, -0.15) is 0 Å². The Morgan fingerprint density at radius 3 is 2.25 bits per heavy atom. The molecule has 1 rings (SSSR count). The van der Waals surface area contributed by atoms with Crippen LogP contribution in [0.1, 0.15) is 66.7 Å². The Bertz CT molecular complexity index is 257. The minimum absolute atomic E-state index is 0.204. The Kier molecular flexibility index (Phi) is 4.23. The highest BCUT2D eigenvalue weighted by Crippen LogP contribution is 2.51. The van der Waals surface area contributed by atoms with Crippen molar-refractivity contribution < 1.29 is 0 Å². The highest BCUT2D eigenvalue weighted by Gasteiger charge is 2.39. The van der Waals surface area contributed by atoms with Gasteiger partial charge in [0.05, 0.1) is 0 Å². The molecule has 1 saturated carbocycles. The van der Waals surface area contributed by atoms with Crippen LogP contribution in [0.3, 0.4) is 0 Å². The monoisotopic (exact) mass is 223 g/mol. The minimum atomic E-state index is 0.204. The standard InChI is InChI=1S/C15H29N/c1-6-15(7-2)10-13(8-12(3)16)9-14(4,5)11-15/h8,12H,6-7,9-11,16H2,1-5H3/b13-8+. The van der Waals surface area contributed by atoms with Crippen molar-refractivity contribution in [3.63, 3.8) is 0 Å². The molecule has 1 nitrogen and oxygen atoms in total. The van der Waals surface area contributed by atoms with Crippen molar-refractivity contribution in [1.82, 2.24) is 0 Å². The smallest absolute Gasteiger partial charge is 0.0197 e. The van der Waals surface area contributed by atoms with Crippen LogP contribution in [0.5, 0.6) is 0 Å². The molecule has 16 heavy (non-hydrogen) atoms. The van der Waals surface area contributed by atoms with Gasteiger partial charge < -0.3 is 5.73 Å². The van der Waals surface area contributed by atoms with Gasteiger partial charge in [0.15, 0.2) is 0 Å². The van der Waals surface area contributed by atoms with E-state index in [1.807, 2.05) is 0 Å². The maximum absolute atomic E-state index is 5.91. The van der Waals surface area contributed by atoms with Gasteiger partial charge in [-0.15, -0.1) is 0 Å². The van der Waals surface area contributed by atoms with E-state index in [4.69, 9.17) is 5.73 Å². The SMILES string of the molecule is CCC1(CC)C/C(=C/C(C)N)CC(C)(C)C1. The van der Waals surface area contributed by atoms with Crippen LogP contribution >= 0.6 is 0 Å². The van der Waals surface area contributed by atoms with Gasteiger partial charge in [-0.3, -0.25) is 0 Å². The Hall–Kier alpha value is -0.300. The van der Waals surface area contributed by atoms with E-state index in [9.17, 15) is 0 Å². The van der Waals surface area contributed by atoms with E-state index in [2.05, 4.69) is 40.7 Å². The van der Waals surface area contributed by atoms with Crippen molar-refractivity contribution >= 4 is 0 Å². The summed E-state index contributed by atoms with van der Waals surface area (Å²) in [6.07, 6.45) is 8.75. The Morgan fingerprint density at radius 2 is 1.81 bits per heavy atom. The lowest BCUT2D eigenvalue weighted by Crippen LogP contribution is -2.34. The molecule has 1 heteroatoms. The lowest BCUT2D eigenvalue weighted by molar-refractivity contribution is 0.108.